The van der Waals surface area contributed by atoms with Gasteiger partial charge in [0.25, 0.3) is 0 Å². The smallest absolute Gasteiger partial charge is 0.0794 e. The molecule has 1 heterocycles. The first kappa shape index (κ1) is 26.2. The zero-order valence-corrected chi connectivity index (χ0v) is 25.7. The summed E-state index contributed by atoms with van der Waals surface area (Å²) in [6.45, 7) is 0. The van der Waals surface area contributed by atoms with Gasteiger partial charge in [-0.15, -0.1) is 0 Å². The molecule has 0 saturated heterocycles. The van der Waals surface area contributed by atoms with Crippen LogP contribution < -0.4 is 0 Å². The van der Waals surface area contributed by atoms with Crippen LogP contribution in [0.4, 0.5) is 0 Å². The van der Waals surface area contributed by atoms with Crippen LogP contribution in [0.5, 0.6) is 0 Å². The van der Waals surface area contributed by atoms with Gasteiger partial charge in [0.05, 0.1) is 11.0 Å². The largest absolute Gasteiger partial charge is 0.246 e. The zero-order chi connectivity index (χ0) is 30.9. The molecule has 47 heavy (non-hydrogen) atoms. The Labute approximate surface area is 273 Å². The highest BCUT2D eigenvalue weighted by molar-refractivity contribution is 6.22. The maximum absolute atomic E-state index is 5.54. The van der Waals surface area contributed by atoms with Crippen LogP contribution in [0.25, 0.3) is 93.6 Å². The molecule has 0 spiro atoms. The fraction of sp³-hybridized carbons (Fsp3) is 0.0217. The lowest BCUT2D eigenvalue weighted by Crippen LogP contribution is -1.96. The van der Waals surface area contributed by atoms with Gasteiger partial charge in [0.1, 0.15) is 0 Å². The van der Waals surface area contributed by atoms with Crippen molar-refractivity contribution in [2.75, 3.05) is 0 Å². The van der Waals surface area contributed by atoms with Gasteiger partial charge < -0.3 is 0 Å². The van der Waals surface area contributed by atoms with Gasteiger partial charge in [-0.05, 0) is 91.2 Å². The number of rotatable bonds is 3. The molecule has 0 atom stereocenters. The second kappa shape index (κ2) is 10.2. The highest BCUT2D eigenvalue weighted by Gasteiger charge is 2.18. The van der Waals surface area contributed by atoms with Gasteiger partial charge in [-0.1, -0.05) is 140 Å². The lowest BCUT2D eigenvalue weighted by molar-refractivity contribution is 1.29. The molecule has 10 rings (SSSR count). The van der Waals surface area contributed by atoms with Crippen molar-refractivity contribution in [3.8, 4) is 33.4 Å². The first-order valence-corrected chi connectivity index (χ1v) is 16.3. The van der Waals surface area contributed by atoms with Gasteiger partial charge in [-0.25, -0.2) is 4.98 Å². The van der Waals surface area contributed by atoms with Gasteiger partial charge in [0, 0.05) is 27.1 Å². The number of pyridine rings is 1. The molecule has 1 heteroatoms. The Morgan fingerprint density at radius 2 is 0.979 bits per heavy atom. The van der Waals surface area contributed by atoms with Crippen LogP contribution in [0.2, 0.25) is 0 Å². The first-order chi connectivity index (χ1) is 23.3. The average Bonchev–Trinajstić information content (AvgIpc) is 3.14. The van der Waals surface area contributed by atoms with Crippen molar-refractivity contribution >= 4 is 60.2 Å². The third-order valence-electron chi connectivity index (χ3n) is 9.98. The summed E-state index contributed by atoms with van der Waals surface area (Å²) in [5, 5.41) is 9.77. The van der Waals surface area contributed by atoms with Crippen LogP contribution in [0.1, 0.15) is 11.1 Å². The molecule has 0 radical (unpaired) electrons. The predicted octanol–water partition coefficient (Wildman–Crippen LogP) is 12.4. The molecule has 218 valence electrons. The van der Waals surface area contributed by atoms with Crippen LogP contribution in [0.3, 0.4) is 0 Å². The first-order valence-electron chi connectivity index (χ1n) is 16.3. The second-order valence-electron chi connectivity index (χ2n) is 12.7. The van der Waals surface area contributed by atoms with Gasteiger partial charge in [-0.2, -0.15) is 0 Å². The van der Waals surface area contributed by atoms with Gasteiger partial charge in [0.2, 0.25) is 0 Å². The molecule has 9 aromatic rings. The lowest BCUT2D eigenvalue weighted by Gasteiger charge is -2.18. The van der Waals surface area contributed by atoms with Crippen LogP contribution in [0, 0.1) is 0 Å². The summed E-state index contributed by atoms with van der Waals surface area (Å²) < 4.78 is 0. The summed E-state index contributed by atoms with van der Waals surface area (Å²) in [7, 11) is 0. The molecule has 8 aromatic carbocycles. The summed E-state index contributed by atoms with van der Waals surface area (Å²) in [6, 6.07) is 55.5. The fourth-order valence-electron chi connectivity index (χ4n) is 7.76. The lowest BCUT2D eigenvalue weighted by atomic mass is 9.87. The minimum absolute atomic E-state index is 0.985. The second-order valence-corrected chi connectivity index (χ2v) is 12.7. The Bertz CT molecular complexity index is 2600. The molecule has 0 aliphatic heterocycles. The fourth-order valence-corrected chi connectivity index (χ4v) is 7.76. The minimum Gasteiger partial charge on any atom is -0.246 e. The van der Waals surface area contributed by atoms with E-state index < -0.39 is 0 Å². The number of hydrogen-bond acceptors (Lipinski definition) is 1. The van der Waals surface area contributed by atoms with E-state index in [-0.39, 0.29) is 0 Å². The van der Waals surface area contributed by atoms with E-state index in [0.29, 0.717) is 0 Å². The van der Waals surface area contributed by atoms with Gasteiger partial charge in [-0.3, -0.25) is 0 Å². The van der Waals surface area contributed by atoms with E-state index in [2.05, 4.69) is 164 Å². The van der Waals surface area contributed by atoms with Crippen molar-refractivity contribution in [2.24, 2.45) is 0 Å². The molecule has 0 bridgehead atoms. The summed E-state index contributed by atoms with van der Waals surface area (Å²) in [4.78, 5) is 5.54. The van der Waals surface area contributed by atoms with Crippen molar-refractivity contribution in [1.29, 1.82) is 0 Å². The minimum atomic E-state index is 0.985. The topological polar surface area (TPSA) is 12.9 Å². The van der Waals surface area contributed by atoms with Crippen molar-refractivity contribution in [2.45, 2.75) is 6.42 Å². The average molecular weight is 596 g/mol. The third kappa shape index (κ3) is 4.14. The number of benzene rings is 8. The zero-order valence-electron chi connectivity index (χ0n) is 25.7. The van der Waals surface area contributed by atoms with E-state index >= 15 is 0 Å². The van der Waals surface area contributed by atoms with E-state index in [9.17, 15) is 0 Å². The Kier molecular flexibility index (Phi) is 5.70. The van der Waals surface area contributed by atoms with Gasteiger partial charge >= 0.3 is 0 Å². The summed E-state index contributed by atoms with van der Waals surface area (Å²) >= 11 is 0. The van der Waals surface area contributed by atoms with E-state index in [1.807, 2.05) is 0 Å². The van der Waals surface area contributed by atoms with Crippen LogP contribution >= 0.6 is 0 Å². The number of hydrogen-bond donors (Lipinski definition) is 0. The van der Waals surface area contributed by atoms with E-state index in [4.69, 9.17) is 4.98 Å². The summed E-state index contributed by atoms with van der Waals surface area (Å²) in [6.07, 6.45) is 5.57. The number of aromatic nitrogens is 1. The molecule has 0 unspecified atom stereocenters. The Hall–Kier alpha value is -6.05. The standard InChI is InChI=1S/C46H29N/c1-3-9-29(10-4-1)32-17-21-39-34(25-32)19-23-41-44(38-27-36-15-7-13-31-14-8-16-37(28-38)43(31)36)42-24-20-35-26-33(30-11-5-2-6-12-30)18-22-40(35)46(42)47-45(39)41/h1-13,15-28H,14H2. The quantitative estimate of drug-likeness (QED) is 0.146. The number of nitrogens with zero attached hydrogens (tertiary/aromatic N) is 1. The normalized spacial score (nSPS) is 12.5. The maximum atomic E-state index is 5.54. The molecule has 1 aliphatic carbocycles. The van der Waals surface area contributed by atoms with Crippen molar-refractivity contribution < 1.29 is 0 Å². The SMILES string of the molecule is C1=Cc2cc(-c3c4ccc5cc(-c6ccccc6)ccc5c4nc4c3ccc3cc(-c5ccccc5)ccc34)cc3cccc(c23)C1. The van der Waals surface area contributed by atoms with E-state index in [0.717, 1.165) is 17.5 Å². The Morgan fingerprint density at radius 1 is 0.404 bits per heavy atom. The Morgan fingerprint density at radius 3 is 1.60 bits per heavy atom. The van der Waals surface area contributed by atoms with Crippen molar-refractivity contribution in [3.63, 3.8) is 0 Å². The molecule has 0 saturated carbocycles. The molecule has 0 amide bonds. The predicted molar refractivity (Wildman–Crippen MR) is 201 cm³/mol. The van der Waals surface area contributed by atoms with E-state index in [1.54, 1.807) is 0 Å². The van der Waals surface area contributed by atoms with Crippen LogP contribution in [0.15, 0.2) is 158 Å². The number of allylic oxidation sites excluding steroid dienone is 1. The molecule has 1 aliphatic rings. The van der Waals surface area contributed by atoms with Crippen molar-refractivity contribution in [1.82, 2.24) is 4.98 Å². The molecule has 0 fully saturated rings. The highest BCUT2D eigenvalue weighted by Crippen LogP contribution is 2.43. The molecule has 1 nitrogen and oxygen atoms in total. The Balaban J connectivity index is 1.30. The van der Waals surface area contributed by atoms with E-state index in [1.165, 1.54) is 87.6 Å². The highest BCUT2D eigenvalue weighted by atomic mass is 14.7. The maximum Gasteiger partial charge on any atom is 0.0794 e. The molecular formula is C46H29N. The van der Waals surface area contributed by atoms with Gasteiger partial charge in [0.15, 0.2) is 0 Å². The monoisotopic (exact) mass is 595 g/mol. The summed E-state index contributed by atoms with van der Waals surface area (Å²) in [5.74, 6) is 0. The van der Waals surface area contributed by atoms with Crippen LogP contribution in [-0.4, -0.2) is 4.98 Å². The molecular weight excluding hydrogens is 567 g/mol. The third-order valence-corrected chi connectivity index (χ3v) is 9.98. The molecule has 1 aromatic heterocycles. The van der Waals surface area contributed by atoms with Crippen molar-refractivity contribution in [3.05, 3.63) is 169 Å². The summed E-state index contributed by atoms with van der Waals surface area (Å²) in [5.41, 5.74) is 12.1. The molecule has 0 N–H and O–H groups in total. The van der Waals surface area contributed by atoms with Crippen LogP contribution in [-0.2, 0) is 6.42 Å². The number of fused-ring (bicyclic) bond motifs is 6.